The van der Waals surface area contributed by atoms with Gasteiger partial charge in [-0.3, -0.25) is 0 Å². The van der Waals surface area contributed by atoms with Crippen molar-refractivity contribution < 1.29 is 14.7 Å². The highest BCUT2D eigenvalue weighted by molar-refractivity contribution is 7.99. The number of carboxylic acids is 1. The van der Waals surface area contributed by atoms with E-state index in [0.29, 0.717) is 11.6 Å². The summed E-state index contributed by atoms with van der Waals surface area (Å²) in [5.74, 6) is 0.802. The second kappa shape index (κ2) is 5.82. The first-order valence-corrected chi connectivity index (χ1v) is 7.61. The second-order valence-electron chi connectivity index (χ2n) is 5.23. The van der Waals surface area contributed by atoms with E-state index in [4.69, 9.17) is 5.11 Å². The van der Waals surface area contributed by atoms with Gasteiger partial charge in [0.05, 0.1) is 5.88 Å². The molecule has 2 aliphatic rings. The number of carbonyl (C=O) groups is 2. The lowest BCUT2D eigenvalue weighted by atomic mass is 9.87. The Bertz CT molecular complexity index is 329. The summed E-state index contributed by atoms with van der Waals surface area (Å²) >= 11 is 1.49. The number of nitrogens with one attached hydrogen (secondary N) is 1. The Hall–Kier alpha value is -0.910. The number of thioether (sulfide) groups is 1. The van der Waals surface area contributed by atoms with Gasteiger partial charge in [0, 0.05) is 11.8 Å². The number of nitrogens with zero attached hydrogens (tertiary/aromatic N) is 1. The molecule has 1 aliphatic carbocycles. The van der Waals surface area contributed by atoms with Crippen molar-refractivity contribution in [2.24, 2.45) is 5.92 Å². The van der Waals surface area contributed by atoms with E-state index >= 15 is 0 Å². The Morgan fingerprint density at radius 2 is 1.94 bits per heavy atom. The fraction of sp³-hybridized carbons (Fsp3) is 0.833. The maximum atomic E-state index is 12.0. The lowest BCUT2D eigenvalue weighted by Gasteiger charge is -2.29. The van der Waals surface area contributed by atoms with Gasteiger partial charge in [0.2, 0.25) is 0 Å². The van der Waals surface area contributed by atoms with Crippen LogP contribution in [0, 0.1) is 5.92 Å². The van der Waals surface area contributed by atoms with Gasteiger partial charge in [0.1, 0.15) is 6.04 Å². The van der Waals surface area contributed by atoms with Crippen LogP contribution < -0.4 is 5.32 Å². The molecule has 0 aromatic rings. The summed E-state index contributed by atoms with van der Waals surface area (Å²) < 4.78 is 0. The summed E-state index contributed by atoms with van der Waals surface area (Å²) in [5.41, 5.74) is 0. The molecule has 1 aliphatic heterocycles. The zero-order valence-corrected chi connectivity index (χ0v) is 11.4. The van der Waals surface area contributed by atoms with Crippen LogP contribution in [0.15, 0.2) is 0 Å². The molecule has 0 spiro atoms. The molecule has 18 heavy (non-hydrogen) atoms. The third-order valence-electron chi connectivity index (χ3n) is 3.77. The summed E-state index contributed by atoms with van der Waals surface area (Å²) in [7, 11) is 0. The van der Waals surface area contributed by atoms with E-state index in [1.807, 2.05) is 0 Å². The molecule has 2 rings (SSSR count). The quantitative estimate of drug-likeness (QED) is 0.803. The van der Waals surface area contributed by atoms with Crippen molar-refractivity contribution in [3.05, 3.63) is 0 Å². The fourth-order valence-electron chi connectivity index (χ4n) is 2.51. The second-order valence-corrected chi connectivity index (χ2v) is 6.23. The molecule has 2 amide bonds. The fourth-order valence-corrected chi connectivity index (χ4v) is 3.65. The number of carbonyl (C=O) groups excluding carboxylic acids is 1. The molecule has 5 nitrogen and oxygen atoms in total. The highest BCUT2D eigenvalue weighted by Crippen LogP contribution is 2.25. The smallest absolute Gasteiger partial charge is 0.327 e. The van der Waals surface area contributed by atoms with Gasteiger partial charge in [0.15, 0.2) is 0 Å². The van der Waals surface area contributed by atoms with Crippen molar-refractivity contribution in [2.45, 2.75) is 44.7 Å². The van der Waals surface area contributed by atoms with Crippen LogP contribution in [-0.4, -0.2) is 45.7 Å². The number of hydrogen-bond donors (Lipinski definition) is 2. The van der Waals surface area contributed by atoms with Crippen LogP contribution in [-0.2, 0) is 4.79 Å². The van der Waals surface area contributed by atoms with Gasteiger partial charge in [-0.1, -0.05) is 6.92 Å². The van der Waals surface area contributed by atoms with E-state index < -0.39 is 12.0 Å². The number of rotatable bonds is 2. The number of urea groups is 1. The van der Waals surface area contributed by atoms with Crippen LogP contribution in [0.1, 0.15) is 32.6 Å². The van der Waals surface area contributed by atoms with Crippen molar-refractivity contribution in [2.75, 3.05) is 11.6 Å². The van der Waals surface area contributed by atoms with Gasteiger partial charge < -0.3 is 15.3 Å². The van der Waals surface area contributed by atoms with E-state index in [1.54, 1.807) is 0 Å². The third kappa shape index (κ3) is 3.10. The highest BCUT2D eigenvalue weighted by Gasteiger charge is 2.35. The minimum absolute atomic E-state index is 0.216. The number of carboxylic acid groups (broad SMARTS) is 1. The van der Waals surface area contributed by atoms with Crippen molar-refractivity contribution in [3.63, 3.8) is 0 Å². The van der Waals surface area contributed by atoms with E-state index in [9.17, 15) is 9.59 Å². The van der Waals surface area contributed by atoms with E-state index in [0.717, 1.165) is 31.6 Å². The highest BCUT2D eigenvalue weighted by atomic mass is 32.2. The van der Waals surface area contributed by atoms with Crippen LogP contribution >= 0.6 is 11.8 Å². The molecule has 0 bridgehead atoms. The molecule has 1 heterocycles. The largest absolute Gasteiger partial charge is 0.480 e. The van der Waals surface area contributed by atoms with Crippen LogP contribution in [0.3, 0.4) is 0 Å². The summed E-state index contributed by atoms with van der Waals surface area (Å²) in [6, 6.07) is -0.668. The number of aliphatic carboxylic acids is 1. The first-order valence-electron chi connectivity index (χ1n) is 6.45. The third-order valence-corrected chi connectivity index (χ3v) is 4.78. The summed E-state index contributed by atoms with van der Waals surface area (Å²) in [6.07, 6.45) is 4.29. The molecule has 1 unspecified atom stereocenters. The Morgan fingerprint density at radius 1 is 1.28 bits per heavy atom. The van der Waals surface area contributed by atoms with Gasteiger partial charge in [-0.15, -0.1) is 11.8 Å². The van der Waals surface area contributed by atoms with Crippen molar-refractivity contribution >= 4 is 23.8 Å². The lowest BCUT2D eigenvalue weighted by molar-refractivity contribution is -0.140. The predicted octanol–water partition coefficient (Wildman–Crippen LogP) is 1.73. The first kappa shape index (κ1) is 13.5. The molecule has 1 atom stereocenters. The average molecular weight is 272 g/mol. The summed E-state index contributed by atoms with van der Waals surface area (Å²) in [5, 5.41) is 12.0. The maximum absolute atomic E-state index is 12.0. The first-order chi connectivity index (χ1) is 8.58. The minimum atomic E-state index is -0.910. The lowest BCUT2D eigenvalue weighted by Crippen LogP contribution is -2.50. The summed E-state index contributed by atoms with van der Waals surface area (Å²) in [4.78, 5) is 24.5. The molecule has 102 valence electrons. The molecule has 6 heteroatoms. The van der Waals surface area contributed by atoms with Crippen molar-refractivity contribution in [3.8, 4) is 0 Å². The standard InChI is InChI=1S/C12H20N2O3S/c1-8-2-4-9(5-3-8)13-12(17)14-7-18-6-10(14)11(15)16/h8-10H,2-7H2,1H3,(H,13,17)(H,15,16). The normalized spacial score (nSPS) is 32.3. The van der Waals surface area contributed by atoms with Crippen LogP contribution in [0.2, 0.25) is 0 Å². The number of amides is 2. The molecule has 0 radical (unpaired) electrons. The molecular formula is C12H20N2O3S. The zero-order valence-electron chi connectivity index (χ0n) is 10.6. The number of hydrogen-bond acceptors (Lipinski definition) is 3. The van der Waals surface area contributed by atoms with Gasteiger partial charge >= 0.3 is 12.0 Å². The van der Waals surface area contributed by atoms with Gasteiger partial charge in [-0.25, -0.2) is 9.59 Å². The van der Waals surface area contributed by atoms with Crippen LogP contribution in [0.4, 0.5) is 4.79 Å². The Morgan fingerprint density at radius 3 is 2.56 bits per heavy atom. The topological polar surface area (TPSA) is 69.6 Å². The molecule has 1 saturated carbocycles. The molecule has 2 fully saturated rings. The molecule has 2 N–H and O–H groups in total. The average Bonchev–Trinajstić information content (AvgIpc) is 2.81. The monoisotopic (exact) mass is 272 g/mol. The van der Waals surface area contributed by atoms with Crippen LogP contribution in [0.25, 0.3) is 0 Å². The predicted molar refractivity (Wildman–Crippen MR) is 70.5 cm³/mol. The molecule has 0 aromatic carbocycles. The Balaban J connectivity index is 1.86. The molecule has 0 aromatic heterocycles. The Kier molecular flexibility index (Phi) is 4.37. The van der Waals surface area contributed by atoms with E-state index in [-0.39, 0.29) is 12.1 Å². The van der Waals surface area contributed by atoms with E-state index in [2.05, 4.69) is 12.2 Å². The van der Waals surface area contributed by atoms with E-state index in [1.165, 1.54) is 16.7 Å². The Labute approximate surface area is 111 Å². The zero-order chi connectivity index (χ0) is 13.1. The summed E-state index contributed by atoms with van der Waals surface area (Å²) in [6.45, 7) is 2.23. The van der Waals surface area contributed by atoms with Crippen LogP contribution in [0.5, 0.6) is 0 Å². The van der Waals surface area contributed by atoms with Gasteiger partial charge in [-0.05, 0) is 31.6 Å². The maximum Gasteiger partial charge on any atom is 0.327 e. The molecule has 1 saturated heterocycles. The SMILES string of the molecule is CC1CCC(NC(=O)N2CSCC2C(=O)O)CC1. The molecular weight excluding hydrogens is 252 g/mol. The van der Waals surface area contributed by atoms with Crippen molar-refractivity contribution in [1.29, 1.82) is 0 Å². The minimum Gasteiger partial charge on any atom is -0.480 e. The van der Waals surface area contributed by atoms with Gasteiger partial charge in [-0.2, -0.15) is 0 Å². The van der Waals surface area contributed by atoms with Gasteiger partial charge in [0.25, 0.3) is 0 Å². The van der Waals surface area contributed by atoms with Crippen molar-refractivity contribution in [1.82, 2.24) is 10.2 Å².